The Morgan fingerprint density at radius 1 is 1.24 bits per heavy atom. The second-order valence-electron chi connectivity index (χ2n) is 6.15. The van der Waals surface area contributed by atoms with E-state index in [4.69, 9.17) is 9.47 Å². The highest BCUT2D eigenvalue weighted by atomic mass is 16.7. The van der Waals surface area contributed by atoms with Gasteiger partial charge in [0.2, 0.25) is 6.79 Å². The van der Waals surface area contributed by atoms with Gasteiger partial charge in [0.05, 0.1) is 0 Å². The van der Waals surface area contributed by atoms with Gasteiger partial charge in [-0.3, -0.25) is 0 Å². The molecule has 110 valence electrons. The molecule has 0 spiro atoms. The second-order valence-corrected chi connectivity index (χ2v) is 6.15. The molecule has 0 saturated heterocycles. The summed E-state index contributed by atoms with van der Waals surface area (Å²) in [6, 6.07) is 6.08. The summed E-state index contributed by atoms with van der Waals surface area (Å²) in [7, 11) is 0. The van der Waals surface area contributed by atoms with Gasteiger partial charge in [-0.05, 0) is 48.3 Å². The average molecular weight is 284 g/mol. The van der Waals surface area contributed by atoms with E-state index < -0.39 is 0 Å². The molecule has 2 aliphatic rings. The Kier molecular flexibility index (Phi) is 2.91. The summed E-state index contributed by atoms with van der Waals surface area (Å²) in [4.78, 5) is 4.52. The zero-order valence-electron chi connectivity index (χ0n) is 12.3. The molecule has 4 rings (SSSR count). The first-order valence-electron chi connectivity index (χ1n) is 7.72. The van der Waals surface area contributed by atoms with Crippen molar-refractivity contribution in [3.63, 3.8) is 0 Å². The van der Waals surface area contributed by atoms with Crippen molar-refractivity contribution in [3.05, 3.63) is 24.4 Å². The van der Waals surface area contributed by atoms with E-state index in [2.05, 4.69) is 17.2 Å². The van der Waals surface area contributed by atoms with E-state index >= 15 is 0 Å². The van der Waals surface area contributed by atoms with Crippen LogP contribution in [0.2, 0.25) is 0 Å². The number of hydrogen-bond acceptors (Lipinski definition) is 4. The Hall–Kier alpha value is -1.97. The highest BCUT2D eigenvalue weighted by molar-refractivity contribution is 5.94. The minimum Gasteiger partial charge on any atom is -0.454 e. The molecule has 1 aromatic heterocycles. The molecule has 1 aliphatic carbocycles. The summed E-state index contributed by atoms with van der Waals surface area (Å²) < 4.78 is 10.9. The Morgan fingerprint density at radius 3 is 2.76 bits per heavy atom. The molecule has 0 amide bonds. The molecule has 0 unspecified atom stereocenters. The fraction of sp³-hybridized carbons (Fsp3) is 0.471. The predicted octanol–water partition coefficient (Wildman–Crippen LogP) is 3.96. The highest BCUT2D eigenvalue weighted by Gasteiger charge is 2.34. The molecule has 1 fully saturated rings. The van der Waals surface area contributed by atoms with E-state index in [-0.39, 0.29) is 0 Å². The number of fused-ring (bicyclic) bond motifs is 2. The minimum atomic E-state index is 0.306. The number of ether oxygens (including phenoxy) is 2. The van der Waals surface area contributed by atoms with E-state index in [9.17, 15) is 0 Å². The Morgan fingerprint density at radius 2 is 2.05 bits per heavy atom. The fourth-order valence-corrected chi connectivity index (χ4v) is 3.31. The van der Waals surface area contributed by atoms with Gasteiger partial charge in [0.15, 0.2) is 11.5 Å². The van der Waals surface area contributed by atoms with Crippen LogP contribution in [0.15, 0.2) is 24.4 Å². The molecule has 4 heteroatoms. The summed E-state index contributed by atoms with van der Waals surface area (Å²) >= 11 is 0. The number of hydrogen-bond donors (Lipinski definition) is 1. The zero-order chi connectivity index (χ0) is 14.3. The maximum absolute atomic E-state index is 5.48. The first-order chi connectivity index (χ1) is 10.3. The van der Waals surface area contributed by atoms with Crippen molar-refractivity contribution in [3.8, 4) is 11.5 Å². The summed E-state index contributed by atoms with van der Waals surface area (Å²) in [6.07, 6.45) is 7.10. The van der Waals surface area contributed by atoms with E-state index in [0.717, 1.165) is 34.6 Å². The van der Waals surface area contributed by atoms with E-state index in [1.165, 1.54) is 25.7 Å². The van der Waals surface area contributed by atoms with Crippen molar-refractivity contribution < 1.29 is 9.47 Å². The molecule has 2 heterocycles. The standard InChI is InChI=1S/C17H20N2O2/c1-2-17(5-3-6-17)10-19-16-13-9-15-14(20-11-21-15)8-12(13)4-7-18-16/h4,7-9H,2-3,5-6,10-11H2,1H3,(H,18,19). The maximum atomic E-state index is 5.48. The van der Waals surface area contributed by atoms with Crippen LogP contribution in [0, 0.1) is 5.41 Å². The van der Waals surface area contributed by atoms with Gasteiger partial charge in [0.25, 0.3) is 0 Å². The molecule has 1 aromatic carbocycles. The highest BCUT2D eigenvalue weighted by Crippen LogP contribution is 2.44. The third kappa shape index (κ3) is 2.09. The van der Waals surface area contributed by atoms with Crippen molar-refractivity contribution in [2.24, 2.45) is 5.41 Å². The van der Waals surface area contributed by atoms with Gasteiger partial charge in [-0.1, -0.05) is 13.3 Å². The first-order valence-corrected chi connectivity index (χ1v) is 7.72. The largest absolute Gasteiger partial charge is 0.454 e. The van der Waals surface area contributed by atoms with E-state index in [1.807, 2.05) is 24.4 Å². The molecular formula is C17H20N2O2. The Bertz CT molecular complexity index is 674. The lowest BCUT2D eigenvalue weighted by molar-refractivity contribution is 0.145. The summed E-state index contributed by atoms with van der Waals surface area (Å²) in [5.74, 6) is 2.58. The smallest absolute Gasteiger partial charge is 0.231 e. The fourth-order valence-electron chi connectivity index (χ4n) is 3.31. The van der Waals surface area contributed by atoms with Crippen LogP contribution >= 0.6 is 0 Å². The van der Waals surface area contributed by atoms with Crippen LogP contribution in [0.3, 0.4) is 0 Å². The number of anilines is 1. The number of benzene rings is 1. The second kappa shape index (κ2) is 4.79. The van der Waals surface area contributed by atoms with Gasteiger partial charge in [-0.2, -0.15) is 0 Å². The molecular weight excluding hydrogens is 264 g/mol. The molecule has 4 nitrogen and oxygen atoms in total. The van der Waals surface area contributed by atoms with E-state index in [0.29, 0.717) is 12.2 Å². The van der Waals surface area contributed by atoms with Crippen LogP contribution < -0.4 is 14.8 Å². The number of nitrogens with zero attached hydrogens (tertiary/aromatic N) is 1. The van der Waals surface area contributed by atoms with Crippen molar-refractivity contribution in [1.29, 1.82) is 0 Å². The van der Waals surface area contributed by atoms with Gasteiger partial charge in [-0.25, -0.2) is 4.98 Å². The summed E-state index contributed by atoms with van der Waals surface area (Å²) in [5.41, 5.74) is 0.472. The van der Waals surface area contributed by atoms with Crippen molar-refractivity contribution in [1.82, 2.24) is 4.98 Å². The number of rotatable bonds is 4. The molecule has 21 heavy (non-hydrogen) atoms. The number of aromatic nitrogens is 1. The monoisotopic (exact) mass is 284 g/mol. The van der Waals surface area contributed by atoms with Crippen LogP contribution in [0.1, 0.15) is 32.6 Å². The van der Waals surface area contributed by atoms with Crippen LogP contribution in [0.4, 0.5) is 5.82 Å². The molecule has 0 atom stereocenters. The van der Waals surface area contributed by atoms with E-state index in [1.54, 1.807) is 0 Å². The van der Waals surface area contributed by atoms with Gasteiger partial charge in [0.1, 0.15) is 5.82 Å². The van der Waals surface area contributed by atoms with Crippen molar-refractivity contribution in [2.45, 2.75) is 32.6 Å². The normalized spacial score (nSPS) is 18.5. The SMILES string of the molecule is CCC1(CNc2nccc3cc4c(cc23)OCO4)CCC1. The Labute approximate surface area is 124 Å². The Balaban J connectivity index is 1.65. The van der Waals surface area contributed by atoms with Crippen LogP contribution in [-0.4, -0.2) is 18.3 Å². The van der Waals surface area contributed by atoms with Crippen LogP contribution in [0.5, 0.6) is 11.5 Å². The molecule has 1 aliphatic heterocycles. The third-order valence-electron chi connectivity index (χ3n) is 5.05. The lowest BCUT2D eigenvalue weighted by Crippen LogP contribution is -2.36. The van der Waals surface area contributed by atoms with Gasteiger partial charge < -0.3 is 14.8 Å². The quantitative estimate of drug-likeness (QED) is 0.923. The minimum absolute atomic E-state index is 0.306. The third-order valence-corrected chi connectivity index (χ3v) is 5.05. The van der Waals surface area contributed by atoms with Crippen LogP contribution in [0.25, 0.3) is 10.8 Å². The van der Waals surface area contributed by atoms with Gasteiger partial charge in [0, 0.05) is 18.1 Å². The number of pyridine rings is 1. The molecule has 2 aromatic rings. The average Bonchev–Trinajstić information content (AvgIpc) is 2.91. The van der Waals surface area contributed by atoms with Crippen molar-refractivity contribution >= 4 is 16.6 Å². The first kappa shape index (κ1) is 12.7. The van der Waals surface area contributed by atoms with Crippen molar-refractivity contribution in [2.75, 3.05) is 18.7 Å². The molecule has 0 radical (unpaired) electrons. The molecule has 1 N–H and O–H groups in total. The maximum Gasteiger partial charge on any atom is 0.231 e. The summed E-state index contributed by atoms with van der Waals surface area (Å²) in [6.45, 7) is 3.60. The van der Waals surface area contributed by atoms with Crippen LogP contribution in [-0.2, 0) is 0 Å². The molecule has 1 saturated carbocycles. The lowest BCUT2D eigenvalue weighted by atomic mass is 9.67. The predicted molar refractivity (Wildman–Crippen MR) is 82.9 cm³/mol. The lowest BCUT2D eigenvalue weighted by Gasteiger charge is -2.41. The summed E-state index contributed by atoms with van der Waals surface area (Å²) in [5, 5.41) is 5.80. The van der Waals surface area contributed by atoms with Gasteiger partial charge >= 0.3 is 0 Å². The zero-order valence-corrected chi connectivity index (χ0v) is 12.3. The van der Waals surface area contributed by atoms with Gasteiger partial charge in [-0.15, -0.1) is 0 Å². The topological polar surface area (TPSA) is 43.4 Å². The molecule has 0 bridgehead atoms. The number of nitrogens with one attached hydrogen (secondary N) is 1.